The molecule has 0 bridgehead atoms. The van der Waals surface area contributed by atoms with Gasteiger partial charge in [-0.1, -0.05) is 6.58 Å². The molecule has 0 saturated heterocycles. The van der Waals surface area contributed by atoms with Crippen LogP contribution in [0.2, 0.25) is 0 Å². The Hall–Kier alpha value is -1.78. The van der Waals surface area contributed by atoms with Gasteiger partial charge >= 0.3 is 5.97 Å². The van der Waals surface area contributed by atoms with Crippen molar-refractivity contribution >= 4 is 11.8 Å². The van der Waals surface area contributed by atoms with E-state index in [4.69, 9.17) is 9.47 Å². The predicted molar refractivity (Wildman–Crippen MR) is 66.7 cm³/mol. The van der Waals surface area contributed by atoms with Crippen LogP contribution in [0.4, 0.5) is 0 Å². The average Bonchev–Trinajstić information content (AvgIpc) is 2.33. The van der Waals surface area contributed by atoms with Crippen molar-refractivity contribution in [2.75, 3.05) is 14.2 Å². The van der Waals surface area contributed by atoms with Crippen LogP contribution in [0.15, 0.2) is 23.7 Å². The number of carbonyl (C=O) groups excluding carboxylic acids is 2. The first-order valence-electron chi connectivity index (χ1n) is 5.54. The molecule has 0 aromatic heterocycles. The highest BCUT2D eigenvalue weighted by Gasteiger charge is 2.20. The highest BCUT2D eigenvalue weighted by atomic mass is 16.5. The molecule has 0 aromatic rings. The Morgan fingerprint density at radius 3 is 2.11 bits per heavy atom. The highest BCUT2D eigenvalue weighted by molar-refractivity contribution is 6.07. The zero-order chi connectivity index (χ0) is 14.3. The Bertz CT molecular complexity index is 366. The number of hydrogen-bond acceptors (Lipinski definition) is 5. The number of ether oxygens (including phenoxy) is 3. The summed E-state index contributed by atoms with van der Waals surface area (Å²) in [6.45, 7) is 8.95. The van der Waals surface area contributed by atoms with Gasteiger partial charge in [-0.2, -0.15) is 0 Å². The minimum absolute atomic E-state index is 0.105. The number of ketones is 1. The van der Waals surface area contributed by atoms with Gasteiger partial charge in [0, 0.05) is 0 Å². The minimum Gasteiger partial charge on any atom is -0.498 e. The summed E-state index contributed by atoms with van der Waals surface area (Å²) in [7, 11) is 2.69. The van der Waals surface area contributed by atoms with Gasteiger partial charge in [-0.05, 0) is 20.8 Å². The van der Waals surface area contributed by atoms with Crippen molar-refractivity contribution in [2.24, 2.45) is 0 Å². The molecule has 0 fully saturated rings. The summed E-state index contributed by atoms with van der Waals surface area (Å²) in [6, 6.07) is 0. The van der Waals surface area contributed by atoms with E-state index in [0.29, 0.717) is 5.76 Å². The summed E-state index contributed by atoms with van der Waals surface area (Å²) in [4.78, 5) is 22.8. The van der Waals surface area contributed by atoms with E-state index >= 15 is 0 Å². The van der Waals surface area contributed by atoms with Gasteiger partial charge in [0.25, 0.3) is 0 Å². The van der Waals surface area contributed by atoms with Gasteiger partial charge in [0.1, 0.15) is 12.2 Å². The first-order chi connectivity index (χ1) is 8.33. The lowest BCUT2D eigenvalue weighted by Crippen LogP contribution is -2.16. The van der Waals surface area contributed by atoms with Crippen molar-refractivity contribution in [1.82, 2.24) is 0 Å². The SMILES string of the molecule is C=C(C(=O)CC(=O)OC)C(OC(C)C)=C(C)OC. The fraction of sp³-hybridized carbons (Fsp3) is 0.538. The molecule has 0 rings (SSSR count). The molecule has 0 radical (unpaired) electrons. The summed E-state index contributed by atoms with van der Waals surface area (Å²) >= 11 is 0. The largest absolute Gasteiger partial charge is 0.498 e. The van der Waals surface area contributed by atoms with Crippen molar-refractivity contribution < 1.29 is 23.8 Å². The molecule has 0 amide bonds. The van der Waals surface area contributed by atoms with E-state index in [1.807, 2.05) is 13.8 Å². The maximum absolute atomic E-state index is 11.8. The summed E-state index contributed by atoms with van der Waals surface area (Å²) in [5.74, 6) is -0.359. The van der Waals surface area contributed by atoms with Gasteiger partial charge in [0.05, 0.1) is 25.9 Å². The number of carbonyl (C=O) groups is 2. The second kappa shape index (κ2) is 7.53. The minimum atomic E-state index is -0.611. The lowest BCUT2D eigenvalue weighted by Gasteiger charge is -2.17. The normalized spacial score (nSPS) is 11.7. The van der Waals surface area contributed by atoms with E-state index in [9.17, 15) is 9.59 Å². The fourth-order valence-corrected chi connectivity index (χ4v) is 1.13. The lowest BCUT2D eigenvalue weighted by molar-refractivity contribution is -0.142. The molecule has 0 aliphatic rings. The van der Waals surface area contributed by atoms with E-state index < -0.39 is 11.8 Å². The molecule has 0 N–H and O–H groups in total. The Balaban J connectivity index is 4.98. The third kappa shape index (κ3) is 5.03. The van der Waals surface area contributed by atoms with Crippen molar-refractivity contribution in [1.29, 1.82) is 0 Å². The Morgan fingerprint density at radius 1 is 1.17 bits per heavy atom. The summed E-state index contributed by atoms with van der Waals surface area (Å²) in [5.41, 5.74) is 0.105. The molecule has 0 aliphatic heterocycles. The van der Waals surface area contributed by atoms with Crippen LogP contribution in [0.3, 0.4) is 0 Å². The van der Waals surface area contributed by atoms with Crippen molar-refractivity contribution in [3.63, 3.8) is 0 Å². The topological polar surface area (TPSA) is 61.8 Å². The molecular formula is C13H20O5. The molecule has 0 heterocycles. The van der Waals surface area contributed by atoms with Gasteiger partial charge < -0.3 is 14.2 Å². The zero-order valence-electron chi connectivity index (χ0n) is 11.5. The Morgan fingerprint density at radius 2 is 1.72 bits per heavy atom. The van der Waals surface area contributed by atoms with Crippen LogP contribution in [-0.4, -0.2) is 32.1 Å². The molecule has 5 heteroatoms. The first kappa shape index (κ1) is 16.2. The quantitative estimate of drug-likeness (QED) is 0.229. The molecule has 18 heavy (non-hydrogen) atoms. The number of methoxy groups -OCH3 is 2. The third-order valence-corrected chi connectivity index (χ3v) is 2.12. The molecule has 0 aromatic carbocycles. The van der Waals surface area contributed by atoms with E-state index in [1.54, 1.807) is 6.92 Å². The molecule has 0 aliphatic carbocycles. The monoisotopic (exact) mass is 256 g/mol. The Kier molecular flexibility index (Phi) is 6.78. The van der Waals surface area contributed by atoms with Crippen LogP contribution in [0.5, 0.6) is 0 Å². The molecule has 0 spiro atoms. The van der Waals surface area contributed by atoms with Crippen molar-refractivity contribution in [3.8, 4) is 0 Å². The second-order valence-corrected chi connectivity index (χ2v) is 3.91. The van der Waals surface area contributed by atoms with Crippen LogP contribution < -0.4 is 0 Å². The molecule has 0 unspecified atom stereocenters. The van der Waals surface area contributed by atoms with E-state index in [0.717, 1.165) is 0 Å². The molecule has 102 valence electrons. The maximum atomic E-state index is 11.8. The Labute approximate surface area is 107 Å². The van der Waals surface area contributed by atoms with Gasteiger partial charge in [0.2, 0.25) is 0 Å². The smallest absolute Gasteiger partial charge is 0.313 e. The van der Waals surface area contributed by atoms with Gasteiger partial charge in [0.15, 0.2) is 11.5 Å². The van der Waals surface area contributed by atoms with Crippen LogP contribution >= 0.6 is 0 Å². The molecule has 0 saturated carbocycles. The number of Topliss-reactive ketones (excluding diaryl/α,β-unsaturated/α-hetero) is 1. The fourth-order valence-electron chi connectivity index (χ4n) is 1.13. The molecular weight excluding hydrogens is 236 g/mol. The molecule has 5 nitrogen and oxygen atoms in total. The summed E-state index contributed by atoms with van der Waals surface area (Å²) in [5, 5.41) is 0. The van der Waals surface area contributed by atoms with Gasteiger partial charge in [-0.3, -0.25) is 9.59 Å². The van der Waals surface area contributed by atoms with Crippen molar-refractivity contribution in [2.45, 2.75) is 33.3 Å². The zero-order valence-corrected chi connectivity index (χ0v) is 11.5. The number of rotatable bonds is 7. The predicted octanol–water partition coefficient (Wildman–Crippen LogP) is 1.98. The van der Waals surface area contributed by atoms with E-state index in [2.05, 4.69) is 11.3 Å². The van der Waals surface area contributed by atoms with E-state index in [-0.39, 0.29) is 23.9 Å². The van der Waals surface area contributed by atoms with Crippen LogP contribution in [0.25, 0.3) is 0 Å². The lowest BCUT2D eigenvalue weighted by atomic mass is 10.1. The van der Waals surface area contributed by atoms with Gasteiger partial charge in [-0.15, -0.1) is 0 Å². The average molecular weight is 256 g/mol. The summed E-state index contributed by atoms with van der Waals surface area (Å²) < 4.78 is 15.0. The second-order valence-electron chi connectivity index (χ2n) is 3.91. The maximum Gasteiger partial charge on any atom is 0.313 e. The third-order valence-electron chi connectivity index (χ3n) is 2.12. The first-order valence-corrected chi connectivity index (χ1v) is 5.54. The molecule has 0 atom stereocenters. The van der Waals surface area contributed by atoms with Crippen LogP contribution in [-0.2, 0) is 23.8 Å². The highest BCUT2D eigenvalue weighted by Crippen LogP contribution is 2.19. The van der Waals surface area contributed by atoms with Gasteiger partial charge in [-0.25, -0.2) is 0 Å². The van der Waals surface area contributed by atoms with Crippen molar-refractivity contribution in [3.05, 3.63) is 23.7 Å². The number of esters is 1. The van der Waals surface area contributed by atoms with Crippen LogP contribution in [0.1, 0.15) is 27.2 Å². The number of hydrogen-bond donors (Lipinski definition) is 0. The van der Waals surface area contributed by atoms with E-state index in [1.165, 1.54) is 14.2 Å². The number of allylic oxidation sites excluding steroid dienone is 2. The summed E-state index contributed by atoms with van der Waals surface area (Å²) in [6.07, 6.45) is -0.495. The standard InChI is InChI=1S/C13H20O5/c1-8(2)18-13(10(4)16-5)9(3)11(14)7-12(15)17-6/h8H,3,7H2,1-2,4-6H3. The van der Waals surface area contributed by atoms with Crippen LogP contribution in [0, 0.1) is 0 Å².